The molecular weight excluding hydrogens is 478 g/mol. The van der Waals surface area contributed by atoms with Gasteiger partial charge in [0.25, 0.3) is 11.7 Å². The van der Waals surface area contributed by atoms with Crippen molar-refractivity contribution in [1.29, 1.82) is 0 Å². The molecule has 1 aliphatic rings. The molecule has 4 aromatic rings. The number of ether oxygens (including phenoxy) is 2. The van der Waals surface area contributed by atoms with E-state index in [0.717, 1.165) is 16.3 Å². The number of amides is 1. The molecule has 0 radical (unpaired) electrons. The first-order valence-corrected chi connectivity index (χ1v) is 12.6. The second-order valence-corrected chi connectivity index (χ2v) is 9.20. The molecule has 4 aromatic carbocycles. The number of ketones is 1. The summed E-state index contributed by atoms with van der Waals surface area (Å²) in [7, 11) is 1.56. The molecule has 1 unspecified atom stereocenters. The maximum Gasteiger partial charge on any atom is 0.295 e. The summed E-state index contributed by atoms with van der Waals surface area (Å²) in [6.45, 7) is 2.64. The summed E-state index contributed by atoms with van der Waals surface area (Å²) in [5.41, 5.74) is 2.23. The van der Waals surface area contributed by atoms with Gasteiger partial charge in [0.15, 0.2) is 11.5 Å². The number of aliphatic hydroxyl groups excluding tert-OH is 1. The molecular formula is C32H29NO5. The summed E-state index contributed by atoms with van der Waals surface area (Å²) >= 11 is 0. The molecule has 1 saturated heterocycles. The largest absolute Gasteiger partial charge is 0.507 e. The van der Waals surface area contributed by atoms with E-state index in [-0.39, 0.29) is 11.3 Å². The molecule has 6 nitrogen and oxygen atoms in total. The third-order valence-corrected chi connectivity index (χ3v) is 6.79. The number of benzene rings is 4. The molecule has 38 heavy (non-hydrogen) atoms. The van der Waals surface area contributed by atoms with Crippen LogP contribution in [-0.4, -0.2) is 35.4 Å². The summed E-state index contributed by atoms with van der Waals surface area (Å²) in [4.78, 5) is 28.1. The van der Waals surface area contributed by atoms with Gasteiger partial charge in [0, 0.05) is 12.1 Å². The first kappa shape index (κ1) is 25.1. The van der Waals surface area contributed by atoms with Gasteiger partial charge in [-0.3, -0.25) is 9.59 Å². The van der Waals surface area contributed by atoms with E-state index in [4.69, 9.17) is 9.47 Å². The van der Waals surface area contributed by atoms with Crippen molar-refractivity contribution in [2.75, 3.05) is 13.7 Å². The quantitative estimate of drug-likeness (QED) is 0.173. The maximum atomic E-state index is 13.4. The van der Waals surface area contributed by atoms with E-state index in [1.54, 1.807) is 25.3 Å². The number of methoxy groups -OCH3 is 1. The van der Waals surface area contributed by atoms with Crippen LogP contribution in [0.2, 0.25) is 0 Å². The molecule has 0 aromatic heterocycles. The zero-order valence-electron chi connectivity index (χ0n) is 21.4. The van der Waals surface area contributed by atoms with Gasteiger partial charge in [-0.2, -0.15) is 0 Å². The number of Topliss-reactive ketones (excluding diaryl/α,β-unsaturated/α-hetero) is 1. The molecule has 1 amide bonds. The van der Waals surface area contributed by atoms with E-state index in [0.29, 0.717) is 42.2 Å². The first-order chi connectivity index (χ1) is 18.5. The van der Waals surface area contributed by atoms with Crippen LogP contribution in [0.4, 0.5) is 0 Å². The number of nitrogens with zero attached hydrogens (tertiary/aromatic N) is 1. The Kier molecular flexibility index (Phi) is 7.13. The van der Waals surface area contributed by atoms with Gasteiger partial charge in [-0.15, -0.1) is 0 Å². The fourth-order valence-electron chi connectivity index (χ4n) is 4.99. The predicted octanol–water partition coefficient (Wildman–Crippen LogP) is 6.26. The Hall–Kier alpha value is -4.58. The fourth-order valence-corrected chi connectivity index (χ4v) is 4.99. The average molecular weight is 508 g/mol. The Morgan fingerprint density at radius 2 is 1.63 bits per heavy atom. The van der Waals surface area contributed by atoms with Crippen LogP contribution in [0.15, 0.2) is 96.6 Å². The third-order valence-electron chi connectivity index (χ3n) is 6.79. The van der Waals surface area contributed by atoms with Crippen LogP contribution in [-0.2, 0) is 16.2 Å². The Morgan fingerprint density at radius 1 is 0.895 bits per heavy atom. The standard InChI is InChI=1S/C32H29NO5/c1-3-18-33-29(23-16-17-26(37-2)27(19-23)38-20-21-10-5-4-6-11-21)28(31(35)32(33)36)30(34)25-15-9-13-22-12-7-8-14-24(22)25/h4-17,19,29,34H,3,18,20H2,1-2H3/b30-28+. The van der Waals surface area contributed by atoms with E-state index in [2.05, 4.69) is 0 Å². The van der Waals surface area contributed by atoms with Crippen LogP contribution in [0.25, 0.3) is 16.5 Å². The number of likely N-dealkylation sites (tertiary alicyclic amines) is 1. The molecule has 5 rings (SSSR count). The number of fused-ring (bicyclic) bond motifs is 1. The van der Waals surface area contributed by atoms with Crippen LogP contribution in [0.1, 0.15) is 36.1 Å². The van der Waals surface area contributed by atoms with Gasteiger partial charge < -0.3 is 19.5 Å². The van der Waals surface area contributed by atoms with E-state index in [9.17, 15) is 14.7 Å². The van der Waals surface area contributed by atoms with Crippen molar-refractivity contribution < 1.29 is 24.2 Å². The molecule has 0 bridgehead atoms. The highest BCUT2D eigenvalue weighted by Gasteiger charge is 2.46. The van der Waals surface area contributed by atoms with Crippen molar-refractivity contribution in [2.45, 2.75) is 26.0 Å². The topological polar surface area (TPSA) is 76.1 Å². The van der Waals surface area contributed by atoms with Crippen molar-refractivity contribution in [3.63, 3.8) is 0 Å². The lowest BCUT2D eigenvalue weighted by Crippen LogP contribution is -2.30. The van der Waals surface area contributed by atoms with Gasteiger partial charge in [0.2, 0.25) is 0 Å². The lowest BCUT2D eigenvalue weighted by Gasteiger charge is -2.25. The lowest BCUT2D eigenvalue weighted by molar-refractivity contribution is -0.139. The highest BCUT2D eigenvalue weighted by Crippen LogP contribution is 2.43. The van der Waals surface area contributed by atoms with Gasteiger partial charge in [0.05, 0.1) is 18.7 Å². The second kappa shape index (κ2) is 10.8. The van der Waals surface area contributed by atoms with Crippen LogP contribution < -0.4 is 9.47 Å². The molecule has 1 fully saturated rings. The smallest absolute Gasteiger partial charge is 0.295 e. The summed E-state index contributed by atoms with van der Waals surface area (Å²) < 4.78 is 11.6. The number of carbonyl (C=O) groups is 2. The zero-order chi connectivity index (χ0) is 26.6. The van der Waals surface area contributed by atoms with Crippen molar-refractivity contribution in [3.05, 3.63) is 113 Å². The number of hydrogen-bond acceptors (Lipinski definition) is 5. The SMILES string of the molecule is CCCN1C(=O)C(=O)/C(=C(/O)c2cccc3ccccc23)C1c1ccc(OC)c(OCc2ccccc2)c1. The molecule has 0 spiro atoms. The summed E-state index contributed by atoms with van der Waals surface area (Å²) in [5.74, 6) is -0.490. The van der Waals surface area contributed by atoms with Crippen LogP contribution >= 0.6 is 0 Å². The van der Waals surface area contributed by atoms with E-state index in [1.807, 2.05) is 79.7 Å². The first-order valence-electron chi connectivity index (χ1n) is 12.6. The molecule has 0 saturated carbocycles. The van der Waals surface area contributed by atoms with Gasteiger partial charge in [-0.1, -0.05) is 85.8 Å². The van der Waals surface area contributed by atoms with Crippen LogP contribution in [0.5, 0.6) is 11.5 Å². The van der Waals surface area contributed by atoms with Crippen molar-refractivity contribution in [1.82, 2.24) is 4.90 Å². The minimum Gasteiger partial charge on any atom is -0.507 e. The summed E-state index contributed by atoms with van der Waals surface area (Å²) in [6, 6.07) is 27.5. The monoisotopic (exact) mass is 507 g/mol. The van der Waals surface area contributed by atoms with E-state index in [1.165, 1.54) is 4.90 Å². The van der Waals surface area contributed by atoms with Gasteiger partial charge >= 0.3 is 0 Å². The van der Waals surface area contributed by atoms with E-state index < -0.39 is 17.7 Å². The van der Waals surface area contributed by atoms with Gasteiger partial charge in [-0.05, 0) is 40.5 Å². The van der Waals surface area contributed by atoms with Gasteiger partial charge in [-0.25, -0.2) is 0 Å². The highest BCUT2D eigenvalue weighted by molar-refractivity contribution is 6.46. The number of carbonyl (C=O) groups excluding carboxylic acids is 2. The molecule has 6 heteroatoms. The van der Waals surface area contributed by atoms with Crippen molar-refractivity contribution >= 4 is 28.2 Å². The Morgan fingerprint density at radius 3 is 2.39 bits per heavy atom. The van der Waals surface area contributed by atoms with Crippen LogP contribution in [0, 0.1) is 0 Å². The lowest BCUT2D eigenvalue weighted by atomic mass is 9.93. The van der Waals surface area contributed by atoms with Crippen LogP contribution in [0.3, 0.4) is 0 Å². The molecule has 1 aliphatic heterocycles. The number of hydrogen-bond donors (Lipinski definition) is 1. The van der Waals surface area contributed by atoms with E-state index >= 15 is 0 Å². The molecule has 1 N–H and O–H groups in total. The number of rotatable bonds is 8. The Balaban J connectivity index is 1.63. The molecule has 0 aliphatic carbocycles. The molecule has 1 heterocycles. The van der Waals surface area contributed by atoms with Crippen molar-refractivity contribution in [3.8, 4) is 11.5 Å². The predicted molar refractivity (Wildman–Crippen MR) is 147 cm³/mol. The highest BCUT2D eigenvalue weighted by atomic mass is 16.5. The zero-order valence-corrected chi connectivity index (χ0v) is 21.4. The maximum absolute atomic E-state index is 13.4. The Labute approximate surface area is 221 Å². The molecule has 192 valence electrons. The fraction of sp³-hybridized carbons (Fsp3) is 0.188. The third kappa shape index (κ3) is 4.61. The minimum absolute atomic E-state index is 0.0685. The van der Waals surface area contributed by atoms with Crippen molar-refractivity contribution in [2.24, 2.45) is 0 Å². The average Bonchev–Trinajstić information content (AvgIpc) is 3.21. The van der Waals surface area contributed by atoms with Gasteiger partial charge in [0.1, 0.15) is 12.4 Å². The Bertz CT molecular complexity index is 1520. The number of aliphatic hydroxyl groups is 1. The molecule has 1 atom stereocenters. The summed E-state index contributed by atoms with van der Waals surface area (Å²) in [5, 5.41) is 13.3. The normalized spacial score (nSPS) is 16.7. The second-order valence-electron chi connectivity index (χ2n) is 9.20. The minimum atomic E-state index is -0.765. The summed E-state index contributed by atoms with van der Waals surface area (Å²) in [6.07, 6.45) is 0.658.